The molecule has 1 heterocycles. The maximum atomic E-state index is 12.6. The first-order chi connectivity index (χ1) is 11.7. The van der Waals surface area contributed by atoms with Gasteiger partial charge in [0.05, 0.1) is 13.2 Å². The number of carbonyl (C=O) groups is 1. The number of rotatable bonds is 7. The molecule has 3 rings (SSSR count). The lowest BCUT2D eigenvalue weighted by atomic mass is 10.1. The smallest absolute Gasteiger partial charge is 0.178 e. The fraction of sp³-hybridized carbons (Fsp3) is 0.250. The van der Waals surface area contributed by atoms with Crippen molar-refractivity contribution in [3.05, 3.63) is 65.9 Å². The molecule has 24 heavy (non-hydrogen) atoms. The van der Waals surface area contributed by atoms with Gasteiger partial charge in [-0.3, -0.25) is 9.69 Å². The maximum Gasteiger partial charge on any atom is 0.178 e. The molecule has 0 unspecified atom stereocenters. The highest BCUT2D eigenvalue weighted by molar-refractivity contribution is 6.08. The van der Waals surface area contributed by atoms with E-state index < -0.39 is 0 Å². The Hall–Kier alpha value is -2.59. The molecule has 0 radical (unpaired) electrons. The van der Waals surface area contributed by atoms with Crippen LogP contribution in [0.1, 0.15) is 22.8 Å². The van der Waals surface area contributed by atoms with Gasteiger partial charge in [0.25, 0.3) is 0 Å². The second-order valence-electron chi connectivity index (χ2n) is 5.92. The standard InChI is InChI=1S/C20H22N2O2/c1-3-24-16-10-8-15(9-11-16)13-22(2)14-20(23)18-12-21-19-7-5-4-6-17(18)19/h4-12,21H,3,13-14H2,1-2H3. The highest BCUT2D eigenvalue weighted by Gasteiger charge is 2.14. The van der Waals surface area contributed by atoms with Gasteiger partial charge in [0.1, 0.15) is 5.75 Å². The Morgan fingerprint density at radius 3 is 2.62 bits per heavy atom. The molecule has 0 bridgehead atoms. The quantitative estimate of drug-likeness (QED) is 0.671. The zero-order valence-corrected chi connectivity index (χ0v) is 14.1. The third-order valence-corrected chi connectivity index (χ3v) is 3.99. The van der Waals surface area contributed by atoms with Crippen LogP contribution < -0.4 is 4.74 Å². The van der Waals surface area contributed by atoms with Gasteiger partial charge >= 0.3 is 0 Å². The number of Topliss-reactive ketones (excluding diaryl/α,β-unsaturated/α-hetero) is 1. The largest absolute Gasteiger partial charge is 0.494 e. The summed E-state index contributed by atoms with van der Waals surface area (Å²) >= 11 is 0. The van der Waals surface area contributed by atoms with E-state index in [0.29, 0.717) is 13.2 Å². The van der Waals surface area contributed by atoms with E-state index in [1.165, 1.54) is 0 Å². The van der Waals surface area contributed by atoms with E-state index in [4.69, 9.17) is 4.74 Å². The summed E-state index contributed by atoms with van der Waals surface area (Å²) in [6.45, 7) is 3.74. The predicted octanol–water partition coefficient (Wildman–Crippen LogP) is 3.88. The van der Waals surface area contributed by atoms with Crippen molar-refractivity contribution >= 4 is 16.7 Å². The third kappa shape index (κ3) is 3.66. The highest BCUT2D eigenvalue weighted by atomic mass is 16.5. The number of nitrogens with one attached hydrogen (secondary N) is 1. The van der Waals surface area contributed by atoms with Gasteiger partial charge in [-0.05, 0) is 37.7 Å². The fourth-order valence-electron chi connectivity index (χ4n) is 2.86. The van der Waals surface area contributed by atoms with E-state index in [1.54, 1.807) is 6.20 Å². The molecule has 0 amide bonds. The van der Waals surface area contributed by atoms with Crippen LogP contribution in [0.15, 0.2) is 54.7 Å². The van der Waals surface area contributed by atoms with Crippen LogP contribution in [0, 0.1) is 0 Å². The van der Waals surface area contributed by atoms with Gasteiger partial charge in [0, 0.05) is 29.2 Å². The number of nitrogens with zero attached hydrogens (tertiary/aromatic N) is 1. The lowest BCUT2D eigenvalue weighted by Crippen LogP contribution is -2.25. The first kappa shape index (κ1) is 16.3. The van der Waals surface area contributed by atoms with Crippen LogP contribution in [0.2, 0.25) is 0 Å². The molecule has 1 N–H and O–H groups in total. The highest BCUT2D eigenvalue weighted by Crippen LogP contribution is 2.19. The van der Waals surface area contributed by atoms with Crippen LogP contribution in [0.4, 0.5) is 0 Å². The normalized spacial score (nSPS) is 11.1. The number of fused-ring (bicyclic) bond motifs is 1. The third-order valence-electron chi connectivity index (χ3n) is 3.99. The van der Waals surface area contributed by atoms with Crippen molar-refractivity contribution in [1.82, 2.24) is 9.88 Å². The predicted molar refractivity (Wildman–Crippen MR) is 96.6 cm³/mol. The van der Waals surface area contributed by atoms with Crippen molar-refractivity contribution in [2.75, 3.05) is 20.2 Å². The molecular formula is C20H22N2O2. The number of aromatic amines is 1. The van der Waals surface area contributed by atoms with Gasteiger partial charge in [-0.2, -0.15) is 0 Å². The van der Waals surface area contributed by atoms with Crippen molar-refractivity contribution in [3.8, 4) is 5.75 Å². The fourth-order valence-corrected chi connectivity index (χ4v) is 2.86. The van der Waals surface area contributed by atoms with E-state index in [9.17, 15) is 4.79 Å². The summed E-state index contributed by atoms with van der Waals surface area (Å²) in [5, 5.41) is 0.983. The SMILES string of the molecule is CCOc1ccc(CN(C)CC(=O)c2c[nH]c3ccccc23)cc1. The van der Waals surface area contributed by atoms with Crippen LogP contribution in [-0.2, 0) is 6.54 Å². The average Bonchev–Trinajstić information content (AvgIpc) is 3.01. The van der Waals surface area contributed by atoms with Crippen LogP contribution in [0.3, 0.4) is 0 Å². The molecule has 0 fully saturated rings. The van der Waals surface area contributed by atoms with Crippen LogP contribution in [0.5, 0.6) is 5.75 Å². The molecule has 4 nitrogen and oxygen atoms in total. The molecule has 124 valence electrons. The number of hydrogen-bond acceptors (Lipinski definition) is 3. The number of carbonyl (C=O) groups excluding carboxylic acids is 1. The van der Waals surface area contributed by atoms with E-state index in [-0.39, 0.29) is 5.78 Å². The number of hydrogen-bond donors (Lipinski definition) is 1. The van der Waals surface area contributed by atoms with Gasteiger partial charge in [-0.25, -0.2) is 0 Å². The summed E-state index contributed by atoms with van der Waals surface area (Å²) in [4.78, 5) is 17.8. The molecule has 0 aliphatic heterocycles. The molecule has 0 aliphatic carbocycles. The van der Waals surface area contributed by atoms with Crippen LogP contribution >= 0.6 is 0 Å². The summed E-state index contributed by atoms with van der Waals surface area (Å²) in [6, 6.07) is 15.9. The molecular weight excluding hydrogens is 300 g/mol. The Labute approximate surface area is 142 Å². The zero-order valence-electron chi connectivity index (χ0n) is 14.1. The topological polar surface area (TPSA) is 45.3 Å². The Morgan fingerprint density at radius 2 is 1.88 bits per heavy atom. The van der Waals surface area contributed by atoms with E-state index in [2.05, 4.69) is 4.98 Å². The summed E-state index contributed by atoms with van der Waals surface area (Å²) in [6.07, 6.45) is 1.80. The molecule has 0 aliphatic rings. The Bertz CT molecular complexity index is 821. The summed E-state index contributed by atoms with van der Waals surface area (Å²) < 4.78 is 5.45. The van der Waals surface area contributed by atoms with Gasteiger partial charge in [-0.15, -0.1) is 0 Å². The van der Waals surface area contributed by atoms with Crippen molar-refractivity contribution in [1.29, 1.82) is 0 Å². The number of H-pyrrole nitrogens is 1. The molecule has 3 aromatic rings. The van der Waals surface area contributed by atoms with E-state index >= 15 is 0 Å². The molecule has 0 atom stereocenters. The Kier molecular flexibility index (Phi) is 4.96. The van der Waals surface area contributed by atoms with Gasteiger partial charge in [-0.1, -0.05) is 30.3 Å². The number of likely N-dealkylation sites (N-methyl/N-ethyl adjacent to an activating group) is 1. The molecule has 0 saturated carbocycles. The van der Waals surface area contributed by atoms with E-state index in [1.807, 2.05) is 67.4 Å². The van der Waals surface area contributed by atoms with Gasteiger partial charge in [0.15, 0.2) is 5.78 Å². The monoisotopic (exact) mass is 322 g/mol. The summed E-state index contributed by atoms with van der Waals surface area (Å²) in [7, 11) is 1.96. The Morgan fingerprint density at radius 1 is 1.12 bits per heavy atom. The van der Waals surface area contributed by atoms with Crippen molar-refractivity contribution in [3.63, 3.8) is 0 Å². The van der Waals surface area contributed by atoms with Gasteiger partial charge < -0.3 is 9.72 Å². The first-order valence-electron chi connectivity index (χ1n) is 8.17. The summed E-state index contributed by atoms with van der Waals surface area (Å²) in [5.74, 6) is 1.000. The maximum absolute atomic E-state index is 12.6. The molecule has 1 aromatic heterocycles. The first-order valence-corrected chi connectivity index (χ1v) is 8.17. The second-order valence-corrected chi connectivity index (χ2v) is 5.92. The number of aromatic nitrogens is 1. The molecule has 4 heteroatoms. The minimum atomic E-state index is 0.126. The molecule has 0 saturated heterocycles. The lowest BCUT2D eigenvalue weighted by molar-refractivity contribution is 0.0944. The molecule has 0 spiro atoms. The summed E-state index contributed by atoms with van der Waals surface area (Å²) in [5.41, 5.74) is 2.91. The Balaban J connectivity index is 1.63. The van der Waals surface area contributed by atoms with Crippen molar-refractivity contribution in [2.45, 2.75) is 13.5 Å². The average molecular weight is 322 g/mol. The minimum Gasteiger partial charge on any atom is -0.494 e. The number of ketones is 1. The molecule has 2 aromatic carbocycles. The second kappa shape index (κ2) is 7.32. The van der Waals surface area contributed by atoms with Gasteiger partial charge in [0.2, 0.25) is 0 Å². The lowest BCUT2D eigenvalue weighted by Gasteiger charge is -2.16. The van der Waals surface area contributed by atoms with Crippen molar-refractivity contribution < 1.29 is 9.53 Å². The number of benzene rings is 2. The number of ether oxygens (including phenoxy) is 1. The van der Waals surface area contributed by atoms with E-state index in [0.717, 1.165) is 34.3 Å². The minimum absolute atomic E-state index is 0.126. The van der Waals surface area contributed by atoms with Crippen molar-refractivity contribution in [2.24, 2.45) is 0 Å². The van der Waals surface area contributed by atoms with Crippen LogP contribution in [-0.4, -0.2) is 35.9 Å². The number of para-hydroxylation sites is 1. The van der Waals surface area contributed by atoms with Crippen LogP contribution in [0.25, 0.3) is 10.9 Å². The zero-order chi connectivity index (χ0) is 16.9.